The molecule has 3 unspecified atom stereocenters. The van der Waals surface area contributed by atoms with E-state index in [1.165, 1.54) is 238 Å². The highest BCUT2D eigenvalue weighted by molar-refractivity contribution is 5.80. The van der Waals surface area contributed by atoms with Gasteiger partial charge in [0, 0.05) is 0 Å². The number of hydrogen-bond acceptors (Lipinski definition) is 4. The summed E-state index contributed by atoms with van der Waals surface area (Å²) in [5.74, 6) is -0.463. The minimum Gasteiger partial charge on any atom is -0.394 e. The van der Waals surface area contributed by atoms with E-state index in [9.17, 15) is 20.1 Å². The van der Waals surface area contributed by atoms with E-state index in [4.69, 9.17) is 0 Å². The molecule has 0 aliphatic heterocycles. The van der Waals surface area contributed by atoms with Crippen LogP contribution in [0.15, 0.2) is 0 Å². The van der Waals surface area contributed by atoms with Gasteiger partial charge in [0.05, 0.1) is 18.8 Å². The van der Waals surface area contributed by atoms with Crippen LogP contribution >= 0.6 is 0 Å². The SMILES string of the molecule is CCCCCCCCCCCCCCCCCCCCCCCCCC(O)C(CO)NC(=O)C(O)CCCCCCCCCCCCCCCCCCCCC. The molecule has 0 aliphatic carbocycles. The normalized spacial score (nSPS) is 13.3. The molecule has 0 saturated heterocycles. The predicted molar refractivity (Wildman–Crippen MR) is 246 cm³/mol. The molecule has 0 rings (SSSR count). The molecule has 0 aromatic rings. The lowest BCUT2D eigenvalue weighted by Crippen LogP contribution is -2.49. The van der Waals surface area contributed by atoms with Gasteiger partial charge in [0.15, 0.2) is 0 Å². The largest absolute Gasteiger partial charge is 0.394 e. The number of amides is 1. The molecule has 0 aromatic carbocycles. The summed E-state index contributed by atoms with van der Waals surface area (Å²) < 4.78 is 0. The number of nitrogens with one attached hydrogen (secondary N) is 1. The molecule has 0 bridgehead atoms. The zero-order valence-electron chi connectivity index (χ0n) is 38.3. The number of rotatable bonds is 48. The summed E-state index contributed by atoms with van der Waals surface area (Å²) in [4.78, 5) is 12.5. The zero-order chi connectivity index (χ0) is 40.8. The summed E-state index contributed by atoms with van der Waals surface area (Å²) in [6.07, 6.45) is 55.6. The molecule has 5 nitrogen and oxygen atoms in total. The molecule has 56 heavy (non-hydrogen) atoms. The summed E-state index contributed by atoms with van der Waals surface area (Å²) in [6, 6.07) is -0.707. The first-order chi connectivity index (χ1) is 27.6. The first-order valence-electron chi connectivity index (χ1n) is 25.8. The Labute approximate surface area is 351 Å². The molecular formula is C51H103NO4. The van der Waals surface area contributed by atoms with Crippen molar-refractivity contribution in [2.45, 2.75) is 315 Å². The van der Waals surface area contributed by atoms with Crippen molar-refractivity contribution < 1.29 is 20.1 Å². The molecule has 336 valence electrons. The van der Waals surface area contributed by atoms with Crippen LogP contribution in [0, 0.1) is 0 Å². The number of carbonyl (C=O) groups excluding carboxylic acids is 1. The molecule has 5 heteroatoms. The van der Waals surface area contributed by atoms with E-state index in [-0.39, 0.29) is 6.61 Å². The Hall–Kier alpha value is -0.650. The third-order valence-corrected chi connectivity index (χ3v) is 12.5. The Morgan fingerprint density at radius 1 is 0.357 bits per heavy atom. The Kier molecular flexibility index (Phi) is 46.5. The van der Waals surface area contributed by atoms with Crippen LogP contribution in [0.4, 0.5) is 0 Å². The van der Waals surface area contributed by atoms with E-state index in [0.29, 0.717) is 12.8 Å². The van der Waals surface area contributed by atoms with Crippen molar-refractivity contribution in [1.82, 2.24) is 5.32 Å². The number of carbonyl (C=O) groups is 1. The van der Waals surface area contributed by atoms with Crippen molar-refractivity contribution in [3.8, 4) is 0 Å². The van der Waals surface area contributed by atoms with Crippen LogP contribution in [0.5, 0.6) is 0 Å². The zero-order valence-corrected chi connectivity index (χ0v) is 38.3. The maximum absolute atomic E-state index is 12.5. The van der Waals surface area contributed by atoms with Gasteiger partial charge >= 0.3 is 0 Å². The fraction of sp³-hybridized carbons (Fsp3) is 0.980. The van der Waals surface area contributed by atoms with Crippen molar-refractivity contribution in [3.05, 3.63) is 0 Å². The monoisotopic (exact) mass is 794 g/mol. The standard InChI is InChI=1S/C51H103NO4/c1-3-5-7-9-11-13-15-17-19-21-23-24-25-26-28-29-31-33-35-37-39-41-43-45-49(54)48(47-53)52-51(56)50(55)46-44-42-40-38-36-34-32-30-27-22-20-18-16-14-12-10-8-6-4-2/h48-50,53-55H,3-47H2,1-2H3,(H,52,56). The second-order valence-electron chi connectivity index (χ2n) is 18.1. The van der Waals surface area contributed by atoms with E-state index in [1.807, 2.05) is 0 Å². The van der Waals surface area contributed by atoms with Gasteiger partial charge in [-0.3, -0.25) is 4.79 Å². The maximum Gasteiger partial charge on any atom is 0.249 e. The molecule has 0 radical (unpaired) electrons. The molecule has 3 atom stereocenters. The van der Waals surface area contributed by atoms with E-state index in [2.05, 4.69) is 19.2 Å². The van der Waals surface area contributed by atoms with Gasteiger partial charge in [-0.15, -0.1) is 0 Å². The van der Waals surface area contributed by atoms with Crippen molar-refractivity contribution in [3.63, 3.8) is 0 Å². The fourth-order valence-corrected chi connectivity index (χ4v) is 8.43. The lowest BCUT2D eigenvalue weighted by atomic mass is 10.0. The Bertz CT molecular complexity index is 747. The Morgan fingerprint density at radius 3 is 0.804 bits per heavy atom. The minimum atomic E-state index is -1.07. The smallest absolute Gasteiger partial charge is 0.249 e. The summed E-state index contributed by atoms with van der Waals surface area (Å²) in [7, 11) is 0. The van der Waals surface area contributed by atoms with Gasteiger partial charge in [0.25, 0.3) is 0 Å². The molecule has 0 aliphatic rings. The molecule has 1 amide bonds. The third-order valence-electron chi connectivity index (χ3n) is 12.5. The van der Waals surface area contributed by atoms with E-state index in [1.54, 1.807) is 0 Å². The third kappa shape index (κ3) is 41.5. The number of unbranched alkanes of at least 4 members (excludes halogenated alkanes) is 40. The van der Waals surface area contributed by atoms with Crippen LogP contribution < -0.4 is 5.32 Å². The molecule has 0 fully saturated rings. The summed E-state index contributed by atoms with van der Waals surface area (Å²) in [5.41, 5.74) is 0. The molecule has 0 heterocycles. The number of aliphatic hydroxyl groups is 3. The average molecular weight is 794 g/mol. The maximum atomic E-state index is 12.5. The van der Waals surface area contributed by atoms with Crippen LogP contribution in [-0.2, 0) is 4.79 Å². The van der Waals surface area contributed by atoms with Gasteiger partial charge < -0.3 is 20.6 Å². The van der Waals surface area contributed by atoms with E-state index < -0.39 is 24.2 Å². The number of aliphatic hydroxyl groups excluding tert-OH is 3. The van der Waals surface area contributed by atoms with E-state index in [0.717, 1.165) is 32.1 Å². The highest BCUT2D eigenvalue weighted by atomic mass is 16.3. The van der Waals surface area contributed by atoms with Gasteiger partial charge in [-0.1, -0.05) is 284 Å². The molecule has 4 N–H and O–H groups in total. The molecular weight excluding hydrogens is 691 g/mol. The average Bonchev–Trinajstić information content (AvgIpc) is 3.20. The van der Waals surface area contributed by atoms with Crippen LogP contribution in [-0.4, -0.2) is 46.1 Å². The van der Waals surface area contributed by atoms with Gasteiger partial charge in [0.1, 0.15) is 6.10 Å². The topological polar surface area (TPSA) is 89.8 Å². The van der Waals surface area contributed by atoms with Crippen LogP contribution in [0.2, 0.25) is 0 Å². The summed E-state index contributed by atoms with van der Waals surface area (Å²) in [6.45, 7) is 4.27. The van der Waals surface area contributed by atoms with Crippen molar-refractivity contribution in [1.29, 1.82) is 0 Å². The fourth-order valence-electron chi connectivity index (χ4n) is 8.43. The van der Waals surface area contributed by atoms with E-state index >= 15 is 0 Å². The van der Waals surface area contributed by atoms with Crippen LogP contribution in [0.3, 0.4) is 0 Å². The second-order valence-corrected chi connectivity index (χ2v) is 18.1. The van der Waals surface area contributed by atoms with Gasteiger partial charge in [-0.05, 0) is 12.8 Å². The minimum absolute atomic E-state index is 0.307. The molecule has 0 spiro atoms. The Morgan fingerprint density at radius 2 is 0.571 bits per heavy atom. The Balaban J connectivity index is 3.52. The lowest BCUT2D eigenvalue weighted by molar-refractivity contribution is -0.131. The lowest BCUT2D eigenvalue weighted by Gasteiger charge is -2.23. The highest BCUT2D eigenvalue weighted by Gasteiger charge is 2.23. The predicted octanol–water partition coefficient (Wildman–Crippen LogP) is 15.4. The summed E-state index contributed by atoms with van der Waals surface area (Å²) >= 11 is 0. The first kappa shape index (κ1) is 55.4. The molecule has 0 saturated carbocycles. The van der Waals surface area contributed by atoms with Gasteiger partial charge in [-0.25, -0.2) is 0 Å². The van der Waals surface area contributed by atoms with Crippen molar-refractivity contribution in [2.75, 3.05) is 6.61 Å². The first-order valence-corrected chi connectivity index (χ1v) is 25.8. The van der Waals surface area contributed by atoms with Crippen molar-refractivity contribution >= 4 is 5.91 Å². The number of hydrogen-bond donors (Lipinski definition) is 4. The second kappa shape index (κ2) is 47.0. The van der Waals surface area contributed by atoms with Crippen LogP contribution in [0.25, 0.3) is 0 Å². The highest BCUT2D eigenvalue weighted by Crippen LogP contribution is 2.18. The van der Waals surface area contributed by atoms with Gasteiger partial charge in [0.2, 0.25) is 5.91 Å². The molecule has 0 aromatic heterocycles. The quantitative estimate of drug-likeness (QED) is 0.0462. The van der Waals surface area contributed by atoms with Gasteiger partial charge in [-0.2, -0.15) is 0 Å². The summed E-state index contributed by atoms with van der Waals surface area (Å²) in [5, 5.41) is 33.5. The van der Waals surface area contributed by atoms with Crippen LogP contribution in [0.1, 0.15) is 296 Å². The van der Waals surface area contributed by atoms with Crippen molar-refractivity contribution in [2.24, 2.45) is 0 Å².